The smallest absolute Gasteiger partial charge is 0.339 e. The fourth-order valence-corrected chi connectivity index (χ4v) is 4.59. The first-order chi connectivity index (χ1) is 16.5. The van der Waals surface area contributed by atoms with Gasteiger partial charge in [-0.15, -0.1) is 0 Å². The molecule has 0 aliphatic carbocycles. The maximum absolute atomic E-state index is 12.8. The number of piperazine rings is 1. The lowest BCUT2D eigenvalue weighted by Gasteiger charge is -2.35. The third kappa shape index (κ3) is 4.80. The number of rotatable bonds is 4. The Labute approximate surface area is 199 Å². The van der Waals surface area contributed by atoms with Gasteiger partial charge in [-0.1, -0.05) is 0 Å². The summed E-state index contributed by atoms with van der Waals surface area (Å²) in [5.41, 5.74) is 1.95. The van der Waals surface area contributed by atoms with E-state index in [1.165, 1.54) is 17.0 Å². The Kier molecular flexibility index (Phi) is 6.44. The van der Waals surface area contributed by atoms with Crippen LogP contribution in [0.3, 0.4) is 0 Å². The number of hydrogen-bond donors (Lipinski definition) is 1. The molecule has 3 heterocycles. The van der Waals surface area contributed by atoms with Crippen LogP contribution in [-0.2, 0) is 24.4 Å². The maximum atomic E-state index is 12.8. The molecular weight excluding hydrogens is 463 g/mol. The van der Waals surface area contributed by atoms with E-state index in [0.717, 1.165) is 28.8 Å². The van der Waals surface area contributed by atoms with Gasteiger partial charge in [0.05, 0.1) is 11.3 Å². The van der Waals surface area contributed by atoms with E-state index in [0.29, 0.717) is 24.3 Å². The van der Waals surface area contributed by atoms with Crippen molar-refractivity contribution < 1.29 is 22.8 Å². The molecule has 1 fully saturated rings. The van der Waals surface area contributed by atoms with E-state index in [1.54, 1.807) is 16.6 Å². The highest BCUT2D eigenvalue weighted by atomic mass is 19.4. The highest BCUT2D eigenvalue weighted by Gasteiger charge is 2.31. The van der Waals surface area contributed by atoms with E-state index in [-0.39, 0.29) is 48.9 Å². The molecule has 8 nitrogen and oxygen atoms in total. The van der Waals surface area contributed by atoms with Gasteiger partial charge in [0.15, 0.2) is 0 Å². The van der Waals surface area contributed by atoms with Crippen LogP contribution in [0.25, 0.3) is 11.0 Å². The molecule has 0 saturated carbocycles. The number of amides is 2. The molecule has 4 rings (SSSR count). The summed E-state index contributed by atoms with van der Waals surface area (Å²) in [4.78, 5) is 44.1. The number of nitrogens with one attached hydrogen (secondary N) is 1. The molecule has 2 aromatic heterocycles. The van der Waals surface area contributed by atoms with Crippen LogP contribution in [0.5, 0.6) is 0 Å². The normalized spacial score (nSPS) is 14.6. The average Bonchev–Trinajstić information content (AvgIpc) is 3.10. The van der Waals surface area contributed by atoms with Gasteiger partial charge in [-0.3, -0.25) is 19.1 Å². The van der Waals surface area contributed by atoms with Gasteiger partial charge in [0.1, 0.15) is 5.65 Å². The van der Waals surface area contributed by atoms with Crippen LogP contribution in [0.2, 0.25) is 0 Å². The number of fused-ring (bicyclic) bond motifs is 1. The average molecular weight is 489 g/mol. The number of carbonyl (C=O) groups is 2. The van der Waals surface area contributed by atoms with Gasteiger partial charge in [0, 0.05) is 56.2 Å². The summed E-state index contributed by atoms with van der Waals surface area (Å²) < 4.78 is 39.8. The monoisotopic (exact) mass is 489 g/mol. The number of H-pyrrole nitrogens is 1. The van der Waals surface area contributed by atoms with E-state index in [2.05, 4.69) is 10.1 Å². The fraction of sp³-hybridized carbons (Fsp3) is 0.417. The van der Waals surface area contributed by atoms with Gasteiger partial charge in [-0.25, -0.2) is 0 Å². The highest BCUT2D eigenvalue weighted by molar-refractivity contribution is 5.94. The summed E-state index contributed by atoms with van der Waals surface area (Å²) in [5, 5.41) is 5.23. The molecule has 0 radical (unpaired) electrons. The molecule has 0 atom stereocenters. The molecule has 3 aromatic rings. The van der Waals surface area contributed by atoms with Crippen LogP contribution in [0.15, 0.2) is 29.1 Å². The van der Waals surface area contributed by atoms with Gasteiger partial charge in [0.25, 0.3) is 11.5 Å². The van der Waals surface area contributed by atoms with Gasteiger partial charge < -0.3 is 14.8 Å². The third-order valence-electron chi connectivity index (χ3n) is 6.52. The summed E-state index contributed by atoms with van der Waals surface area (Å²) in [6, 6.07) is 4.12. The second-order valence-corrected chi connectivity index (χ2v) is 8.74. The maximum Gasteiger partial charge on any atom is 0.416 e. The minimum absolute atomic E-state index is 0.117. The van der Waals surface area contributed by atoms with E-state index in [9.17, 15) is 27.6 Å². The minimum Gasteiger partial charge on any atom is -0.339 e. The zero-order valence-corrected chi connectivity index (χ0v) is 19.7. The van der Waals surface area contributed by atoms with Crippen molar-refractivity contribution in [2.45, 2.75) is 32.9 Å². The lowest BCUT2D eigenvalue weighted by molar-refractivity contribution is -0.137. The van der Waals surface area contributed by atoms with Gasteiger partial charge in [0.2, 0.25) is 5.91 Å². The zero-order valence-electron chi connectivity index (χ0n) is 19.7. The Morgan fingerprint density at radius 1 is 1.03 bits per heavy atom. The molecule has 1 saturated heterocycles. The van der Waals surface area contributed by atoms with Crippen molar-refractivity contribution in [3.63, 3.8) is 0 Å². The van der Waals surface area contributed by atoms with E-state index < -0.39 is 11.7 Å². The summed E-state index contributed by atoms with van der Waals surface area (Å²) in [5.74, 6) is -0.485. The second-order valence-electron chi connectivity index (χ2n) is 8.74. The van der Waals surface area contributed by atoms with Crippen LogP contribution in [-0.4, -0.2) is 62.6 Å². The lowest BCUT2D eigenvalue weighted by atomic mass is 10.0. The third-order valence-corrected chi connectivity index (χ3v) is 6.52. The first kappa shape index (κ1) is 24.5. The van der Waals surface area contributed by atoms with Gasteiger partial charge >= 0.3 is 6.18 Å². The second kappa shape index (κ2) is 9.20. The van der Waals surface area contributed by atoms with Crippen molar-refractivity contribution in [2.75, 3.05) is 26.2 Å². The predicted molar refractivity (Wildman–Crippen MR) is 123 cm³/mol. The van der Waals surface area contributed by atoms with Crippen molar-refractivity contribution in [1.82, 2.24) is 24.6 Å². The number of aryl methyl sites for hydroxylation is 3. The number of aromatic amines is 1. The highest BCUT2D eigenvalue weighted by Crippen LogP contribution is 2.29. The number of aromatic nitrogens is 3. The molecular formula is C24H26F3N5O3. The van der Waals surface area contributed by atoms with Crippen LogP contribution >= 0.6 is 0 Å². The Hall–Kier alpha value is -3.63. The number of alkyl halides is 3. The molecule has 1 aliphatic rings. The van der Waals surface area contributed by atoms with E-state index >= 15 is 0 Å². The van der Waals surface area contributed by atoms with Crippen molar-refractivity contribution in [3.8, 4) is 0 Å². The number of pyridine rings is 1. The molecule has 186 valence electrons. The first-order valence-corrected chi connectivity index (χ1v) is 11.3. The van der Waals surface area contributed by atoms with Gasteiger partial charge in [-0.05, 0) is 50.1 Å². The number of hydrogen-bond acceptors (Lipinski definition) is 4. The Balaban J connectivity index is 1.36. The zero-order chi connectivity index (χ0) is 25.5. The van der Waals surface area contributed by atoms with Crippen molar-refractivity contribution in [2.24, 2.45) is 7.05 Å². The van der Waals surface area contributed by atoms with Crippen LogP contribution < -0.4 is 5.56 Å². The summed E-state index contributed by atoms with van der Waals surface area (Å²) in [7, 11) is 1.76. The molecule has 35 heavy (non-hydrogen) atoms. The summed E-state index contributed by atoms with van der Waals surface area (Å²) >= 11 is 0. The Morgan fingerprint density at radius 2 is 1.63 bits per heavy atom. The number of carbonyl (C=O) groups excluding carboxylic acids is 2. The van der Waals surface area contributed by atoms with E-state index in [4.69, 9.17) is 0 Å². The van der Waals surface area contributed by atoms with E-state index in [1.807, 2.05) is 13.8 Å². The van der Waals surface area contributed by atoms with Crippen LogP contribution in [0.1, 0.15) is 39.2 Å². The van der Waals surface area contributed by atoms with Crippen molar-refractivity contribution >= 4 is 22.8 Å². The summed E-state index contributed by atoms with van der Waals surface area (Å²) in [6.07, 6.45) is -4.02. The number of nitrogens with zero attached hydrogens (tertiary/aromatic N) is 4. The number of benzene rings is 1. The molecule has 1 aliphatic heterocycles. The number of halogens is 3. The van der Waals surface area contributed by atoms with Crippen LogP contribution in [0.4, 0.5) is 13.2 Å². The summed E-state index contributed by atoms with van der Waals surface area (Å²) in [6.45, 7) is 4.94. The molecule has 0 bridgehead atoms. The van der Waals surface area contributed by atoms with Gasteiger partial charge in [-0.2, -0.15) is 18.3 Å². The minimum atomic E-state index is -4.46. The molecule has 1 aromatic carbocycles. The largest absolute Gasteiger partial charge is 0.416 e. The first-order valence-electron chi connectivity index (χ1n) is 11.3. The van der Waals surface area contributed by atoms with Crippen molar-refractivity contribution in [3.05, 3.63) is 62.6 Å². The quantitative estimate of drug-likeness (QED) is 0.610. The molecule has 0 spiro atoms. The van der Waals surface area contributed by atoms with Crippen molar-refractivity contribution in [1.29, 1.82) is 0 Å². The predicted octanol–water partition coefficient (Wildman–Crippen LogP) is 2.81. The SMILES string of the molecule is Cc1nn(C)c2[nH]c(=O)c(CCC(=O)N3CCN(C(=O)c4ccc(C(F)(F)F)cc4)CC3)c(C)c12. The standard InChI is InChI=1S/C24H26F3N5O3/c1-14-18(22(34)28-21-20(14)15(2)29-30(21)3)8-9-19(33)31-10-12-32(13-11-31)23(35)16-4-6-17(7-5-16)24(25,26)27/h4-7H,8-13H2,1-3H3,(H,28,34). The fourth-order valence-electron chi connectivity index (χ4n) is 4.59. The Bertz CT molecular complexity index is 1330. The van der Waals surface area contributed by atoms with Crippen LogP contribution in [0, 0.1) is 13.8 Å². The Morgan fingerprint density at radius 3 is 2.23 bits per heavy atom. The topological polar surface area (TPSA) is 91.3 Å². The molecule has 11 heteroatoms. The molecule has 1 N–H and O–H groups in total. The molecule has 2 amide bonds. The lowest BCUT2D eigenvalue weighted by Crippen LogP contribution is -2.50. The molecule has 0 unspecified atom stereocenters.